The van der Waals surface area contributed by atoms with Gasteiger partial charge >= 0.3 is 0 Å². The highest BCUT2D eigenvalue weighted by Gasteiger charge is 2.27. The maximum atomic E-state index is 11.6. The fraction of sp³-hybridized carbons (Fsp3) is 0.750. The van der Waals surface area contributed by atoms with Gasteiger partial charge in [0.25, 0.3) is 0 Å². The molecule has 1 rings (SSSR count). The third-order valence-electron chi connectivity index (χ3n) is 3.07. The van der Waals surface area contributed by atoms with Gasteiger partial charge in [-0.2, -0.15) is 0 Å². The number of rotatable bonds is 4. The van der Waals surface area contributed by atoms with E-state index >= 15 is 0 Å². The predicted molar refractivity (Wildman–Crippen MR) is 66.4 cm³/mol. The van der Waals surface area contributed by atoms with Gasteiger partial charge in [-0.1, -0.05) is 13.5 Å². The second kappa shape index (κ2) is 6.01. The standard InChI is InChI=1S/C12H23N3O/c1-5-12(16)15-8-7-14(6-2)11(10-15)9-13(3)4/h5,11H,1,6-10H2,2-4H3/t11-/m0/s1. The van der Waals surface area contributed by atoms with Crippen LogP contribution >= 0.6 is 0 Å². The Morgan fingerprint density at radius 2 is 2.19 bits per heavy atom. The molecule has 1 amide bonds. The van der Waals surface area contributed by atoms with Crippen molar-refractivity contribution in [3.05, 3.63) is 12.7 Å². The van der Waals surface area contributed by atoms with E-state index in [-0.39, 0.29) is 5.91 Å². The smallest absolute Gasteiger partial charge is 0.246 e. The van der Waals surface area contributed by atoms with Crippen molar-refractivity contribution < 1.29 is 4.79 Å². The van der Waals surface area contributed by atoms with Crippen molar-refractivity contribution in [2.45, 2.75) is 13.0 Å². The topological polar surface area (TPSA) is 26.8 Å². The Hall–Kier alpha value is -0.870. The molecule has 16 heavy (non-hydrogen) atoms. The van der Waals surface area contributed by atoms with Crippen LogP contribution in [-0.4, -0.2) is 73.5 Å². The van der Waals surface area contributed by atoms with E-state index < -0.39 is 0 Å². The molecule has 0 spiro atoms. The number of hydrogen-bond acceptors (Lipinski definition) is 3. The van der Waals surface area contributed by atoms with Crippen LogP contribution in [0.3, 0.4) is 0 Å². The first-order chi connectivity index (χ1) is 7.58. The predicted octanol–water partition coefficient (Wildman–Crippen LogP) is 0.267. The second-order valence-electron chi connectivity index (χ2n) is 4.53. The normalized spacial score (nSPS) is 22.5. The minimum atomic E-state index is 0.0551. The Labute approximate surface area is 98.5 Å². The zero-order chi connectivity index (χ0) is 12.1. The first-order valence-electron chi connectivity index (χ1n) is 5.88. The lowest BCUT2D eigenvalue weighted by Crippen LogP contribution is -2.57. The van der Waals surface area contributed by atoms with E-state index in [4.69, 9.17) is 0 Å². The molecule has 0 unspecified atom stereocenters. The highest BCUT2D eigenvalue weighted by molar-refractivity contribution is 5.87. The van der Waals surface area contributed by atoms with Gasteiger partial charge < -0.3 is 9.80 Å². The average Bonchev–Trinajstić information content (AvgIpc) is 2.27. The van der Waals surface area contributed by atoms with Crippen LogP contribution < -0.4 is 0 Å². The first kappa shape index (κ1) is 13.2. The number of piperazine rings is 1. The molecule has 1 saturated heterocycles. The average molecular weight is 225 g/mol. The van der Waals surface area contributed by atoms with Crippen molar-refractivity contribution in [1.82, 2.24) is 14.7 Å². The number of likely N-dealkylation sites (N-methyl/N-ethyl adjacent to an activating group) is 2. The van der Waals surface area contributed by atoms with Crippen LogP contribution in [0.25, 0.3) is 0 Å². The molecule has 0 aromatic carbocycles. The summed E-state index contributed by atoms with van der Waals surface area (Å²) in [5, 5.41) is 0. The van der Waals surface area contributed by atoms with E-state index in [9.17, 15) is 4.79 Å². The molecular weight excluding hydrogens is 202 g/mol. The molecule has 0 bridgehead atoms. The molecule has 0 saturated carbocycles. The molecule has 1 fully saturated rings. The monoisotopic (exact) mass is 225 g/mol. The van der Waals surface area contributed by atoms with Crippen molar-refractivity contribution in [2.75, 3.05) is 46.8 Å². The molecule has 0 aromatic rings. The molecular formula is C12H23N3O. The van der Waals surface area contributed by atoms with E-state index in [1.807, 2.05) is 4.90 Å². The minimum Gasteiger partial charge on any atom is -0.336 e. The van der Waals surface area contributed by atoms with Gasteiger partial charge in [0.15, 0.2) is 0 Å². The van der Waals surface area contributed by atoms with Crippen molar-refractivity contribution in [3.63, 3.8) is 0 Å². The van der Waals surface area contributed by atoms with E-state index in [2.05, 4.69) is 37.4 Å². The molecule has 1 aliphatic rings. The van der Waals surface area contributed by atoms with Gasteiger partial charge in [0.2, 0.25) is 5.91 Å². The zero-order valence-corrected chi connectivity index (χ0v) is 10.6. The summed E-state index contributed by atoms with van der Waals surface area (Å²) < 4.78 is 0. The van der Waals surface area contributed by atoms with Gasteiger partial charge in [0.05, 0.1) is 0 Å². The van der Waals surface area contributed by atoms with Crippen LogP contribution in [0, 0.1) is 0 Å². The lowest BCUT2D eigenvalue weighted by Gasteiger charge is -2.41. The summed E-state index contributed by atoms with van der Waals surface area (Å²) in [6.45, 7) is 10.4. The van der Waals surface area contributed by atoms with Crippen LogP contribution in [0.4, 0.5) is 0 Å². The molecule has 1 aliphatic heterocycles. The van der Waals surface area contributed by atoms with Gasteiger partial charge in [-0.3, -0.25) is 9.69 Å². The maximum absolute atomic E-state index is 11.6. The molecule has 0 N–H and O–H groups in total. The van der Waals surface area contributed by atoms with E-state index in [0.29, 0.717) is 6.04 Å². The van der Waals surface area contributed by atoms with Crippen LogP contribution in [-0.2, 0) is 4.79 Å². The van der Waals surface area contributed by atoms with Gasteiger partial charge in [-0.15, -0.1) is 0 Å². The minimum absolute atomic E-state index is 0.0551. The summed E-state index contributed by atoms with van der Waals surface area (Å²) in [4.78, 5) is 18.1. The van der Waals surface area contributed by atoms with Crippen LogP contribution in [0.5, 0.6) is 0 Å². The lowest BCUT2D eigenvalue weighted by atomic mass is 10.1. The molecule has 0 aromatic heterocycles. The summed E-state index contributed by atoms with van der Waals surface area (Å²) in [6.07, 6.45) is 1.41. The highest BCUT2D eigenvalue weighted by Crippen LogP contribution is 2.10. The Kier molecular flexibility index (Phi) is 4.96. The molecule has 4 heteroatoms. The lowest BCUT2D eigenvalue weighted by molar-refractivity contribution is -0.129. The quantitative estimate of drug-likeness (QED) is 0.642. The summed E-state index contributed by atoms with van der Waals surface area (Å²) in [6, 6.07) is 0.442. The Bertz CT molecular complexity index is 253. The van der Waals surface area contributed by atoms with Crippen LogP contribution in [0.1, 0.15) is 6.92 Å². The number of carbonyl (C=O) groups is 1. The summed E-state index contributed by atoms with van der Waals surface area (Å²) in [5.41, 5.74) is 0. The SMILES string of the molecule is C=CC(=O)N1CCN(CC)[C@@H](CN(C)C)C1. The molecule has 1 heterocycles. The number of amides is 1. The zero-order valence-electron chi connectivity index (χ0n) is 10.6. The maximum Gasteiger partial charge on any atom is 0.246 e. The Morgan fingerprint density at radius 1 is 1.50 bits per heavy atom. The Morgan fingerprint density at radius 3 is 2.69 bits per heavy atom. The van der Waals surface area contributed by atoms with Crippen molar-refractivity contribution >= 4 is 5.91 Å². The van der Waals surface area contributed by atoms with Crippen molar-refractivity contribution in [2.24, 2.45) is 0 Å². The number of hydrogen-bond donors (Lipinski definition) is 0. The fourth-order valence-corrected chi connectivity index (χ4v) is 2.23. The van der Waals surface area contributed by atoms with Gasteiger partial charge in [0.1, 0.15) is 0 Å². The molecule has 0 radical (unpaired) electrons. The third-order valence-corrected chi connectivity index (χ3v) is 3.07. The van der Waals surface area contributed by atoms with Crippen molar-refractivity contribution in [3.8, 4) is 0 Å². The highest BCUT2D eigenvalue weighted by atomic mass is 16.2. The molecule has 0 aliphatic carbocycles. The summed E-state index contributed by atoms with van der Waals surface area (Å²) in [7, 11) is 4.14. The van der Waals surface area contributed by atoms with Crippen molar-refractivity contribution in [1.29, 1.82) is 0 Å². The van der Waals surface area contributed by atoms with Gasteiger partial charge in [0, 0.05) is 32.2 Å². The second-order valence-corrected chi connectivity index (χ2v) is 4.53. The van der Waals surface area contributed by atoms with E-state index in [0.717, 1.165) is 32.7 Å². The summed E-state index contributed by atoms with van der Waals surface area (Å²) >= 11 is 0. The van der Waals surface area contributed by atoms with E-state index in [1.54, 1.807) is 0 Å². The molecule has 1 atom stereocenters. The Balaban J connectivity index is 2.61. The first-order valence-corrected chi connectivity index (χ1v) is 5.88. The largest absolute Gasteiger partial charge is 0.336 e. The third kappa shape index (κ3) is 3.32. The number of nitrogens with zero attached hydrogens (tertiary/aromatic N) is 3. The van der Waals surface area contributed by atoms with Gasteiger partial charge in [-0.05, 0) is 26.7 Å². The number of carbonyl (C=O) groups excluding carboxylic acids is 1. The fourth-order valence-electron chi connectivity index (χ4n) is 2.23. The summed E-state index contributed by atoms with van der Waals surface area (Å²) in [5.74, 6) is 0.0551. The van der Waals surface area contributed by atoms with E-state index in [1.165, 1.54) is 6.08 Å². The van der Waals surface area contributed by atoms with Crippen LogP contribution in [0.2, 0.25) is 0 Å². The van der Waals surface area contributed by atoms with Crippen LogP contribution in [0.15, 0.2) is 12.7 Å². The molecule has 92 valence electrons. The molecule has 4 nitrogen and oxygen atoms in total. The van der Waals surface area contributed by atoms with Gasteiger partial charge in [-0.25, -0.2) is 0 Å².